The fraction of sp³-hybridized carbons (Fsp3) is 0.455. The van der Waals surface area contributed by atoms with Gasteiger partial charge in [0.15, 0.2) is 0 Å². The first-order valence-corrected chi connectivity index (χ1v) is 5.77. The van der Waals surface area contributed by atoms with Gasteiger partial charge in [0.1, 0.15) is 11.4 Å². The molecule has 0 saturated heterocycles. The molecule has 0 aliphatic heterocycles. The van der Waals surface area contributed by atoms with E-state index in [1.807, 2.05) is 0 Å². The monoisotopic (exact) mass is 252 g/mol. The standard InChI is InChI=1S/C11H16N4O3/c12-14-10-3-1-2-9(11(10)15(17)18)13-6-7-4-8(16)5-7/h1-3,7-8,13-14,16H,4-6,12H2. The van der Waals surface area contributed by atoms with Gasteiger partial charge in [-0.05, 0) is 30.9 Å². The van der Waals surface area contributed by atoms with Crippen LogP contribution in [-0.2, 0) is 0 Å². The number of rotatable bonds is 5. The van der Waals surface area contributed by atoms with Crippen molar-refractivity contribution in [2.45, 2.75) is 18.9 Å². The van der Waals surface area contributed by atoms with Gasteiger partial charge in [-0.15, -0.1) is 0 Å². The van der Waals surface area contributed by atoms with E-state index in [1.54, 1.807) is 18.2 Å². The Morgan fingerprint density at radius 1 is 1.44 bits per heavy atom. The van der Waals surface area contributed by atoms with Gasteiger partial charge in [0, 0.05) is 6.54 Å². The van der Waals surface area contributed by atoms with Crippen molar-refractivity contribution in [1.29, 1.82) is 0 Å². The Hall–Kier alpha value is -1.86. The quantitative estimate of drug-likeness (QED) is 0.354. The molecule has 0 spiro atoms. The van der Waals surface area contributed by atoms with E-state index in [4.69, 9.17) is 5.84 Å². The molecule has 0 radical (unpaired) electrons. The average molecular weight is 252 g/mol. The van der Waals surface area contributed by atoms with Crippen molar-refractivity contribution >= 4 is 17.1 Å². The number of nitrogens with two attached hydrogens (primary N) is 1. The number of hydrazine groups is 1. The smallest absolute Gasteiger partial charge is 0.316 e. The van der Waals surface area contributed by atoms with Crippen LogP contribution in [-0.4, -0.2) is 22.7 Å². The van der Waals surface area contributed by atoms with E-state index < -0.39 is 4.92 Å². The highest BCUT2D eigenvalue weighted by Gasteiger charge is 2.27. The largest absolute Gasteiger partial charge is 0.393 e. The molecule has 7 heteroatoms. The molecule has 18 heavy (non-hydrogen) atoms. The fourth-order valence-electron chi connectivity index (χ4n) is 2.12. The zero-order valence-electron chi connectivity index (χ0n) is 9.80. The maximum atomic E-state index is 11.0. The molecule has 0 amide bonds. The van der Waals surface area contributed by atoms with Crippen LogP contribution >= 0.6 is 0 Å². The van der Waals surface area contributed by atoms with Crippen molar-refractivity contribution < 1.29 is 10.0 Å². The van der Waals surface area contributed by atoms with E-state index in [9.17, 15) is 15.2 Å². The Bertz CT molecular complexity index is 446. The normalized spacial score (nSPS) is 22.1. The van der Waals surface area contributed by atoms with Crippen LogP contribution < -0.4 is 16.6 Å². The SMILES string of the molecule is NNc1cccc(NCC2CC(O)C2)c1[N+](=O)[O-]. The van der Waals surface area contributed by atoms with E-state index >= 15 is 0 Å². The summed E-state index contributed by atoms with van der Waals surface area (Å²) in [4.78, 5) is 10.5. The third kappa shape index (κ3) is 2.52. The number of nitro groups is 1. The van der Waals surface area contributed by atoms with Crippen LogP contribution in [0.3, 0.4) is 0 Å². The third-order valence-electron chi connectivity index (χ3n) is 3.17. The first-order chi connectivity index (χ1) is 8.61. The van der Waals surface area contributed by atoms with Crippen molar-refractivity contribution in [2.24, 2.45) is 11.8 Å². The molecule has 1 aliphatic carbocycles. The lowest BCUT2D eigenvalue weighted by atomic mass is 9.82. The predicted octanol–water partition coefficient (Wildman–Crippen LogP) is 1.06. The minimum atomic E-state index is -0.465. The minimum Gasteiger partial charge on any atom is -0.393 e. The van der Waals surface area contributed by atoms with Gasteiger partial charge in [-0.25, -0.2) is 0 Å². The summed E-state index contributed by atoms with van der Waals surface area (Å²) in [5.41, 5.74) is 2.98. The van der Waals surface area contributed by atoms with E-state index in [2.05, 4.69) is 10.7 Å². The predicted molar refractivity (Wildman–Crippen MR) is 68.1 cm³/mol. The topological polar surface area (TPSA) is 113 Å². The van der Waals surface area contributed by atoms with E-state index in [-0.39, 0.29) is 17.5 Å². The molecule has 7 nitrogen and oxygen atoms in total. The van der Waals surface area contributed by atoms with Gasteiger partial charge in [-0.1, -0.05) is 6.07 Å². The lowest BCUT2D eigenvalue weighted by Gasteiger charge is -2.31. The first-order valence-electron chi connectivity index (χ1n) is 5.77. The second-order valence-electron chi connectivity index (χ2n) is 4.48. The summed E-state index contributed by atoms with van der Waals surface area (Å²) in [5.74, 6) is 5.62. The fourth-order valence-corrected chi connectivity index (χ4v) is 2.12. The lowest BCUT2D eigenvalue weighted by Crippen LogP contribution is -2.33. The Morgan fingerprint density at radius 3 is 2.67 bits per heavy atom. The Balaban J connectivity index is 2.09. The Kier molecular flexibility index (Phi) is 3.63. The third-order valence-corrected chi connectivity index (χ3v) is 3.17. The number of hydrogen-bond acceptors (Lipinski definition) is 6. The van der Waals surface area contributed by atoms with Crippen molar-refractivity contribution in [1.82, 2.24) is 0 Å². The summed E-state index contributed by atoms with van der Waals surface area (Å²) in [5, 5.41) is 23.2. The number of benzene rings is 1. The van der Waals surface area contributed by atoms with Crippen LogP contribution in [0.25, 0.3) is 0 Å². The summed E-state index contributed by atoms with van der Waals surface area (Å²) < 4.78 is 0. The van der Waals surface area contributed by atoms with Crippen LogP contribution in [0.2, 0.25) is 0 Å². The number of hydrogen-bond donors (Lipinski definition) is 4. The van der Waals surface area contributed by atoms with Crippen LogP contribution in [0.15, 0.2) is 18.2 Å². The van der Waals surface area contributed by atoms with E-state index in [1.165, 1.54) is 0 Å². The number of nitrogens with one attached hydrogen (secondary N) is 2. The molecule has 0 heterocycles. The average Bonchev–Trinajstić information content (AvgIpc) is 2.32. The van der Waals surface area contributed by atoms with Crippen molar-refractivity contribution in [3.8, 4) is 0 Å². The van der Waals surface area contributed by atoms with Crippen molar-refractivity contribution in [3.05, 3.63) is 28.3 Å². The van der Waals surface area contributed by atoms with Gasteiger partial charge in [0.25, 0.3) is 0 Å². The molecular formula is C11H16N4O3. The van der Waals surface area contributed by atoms with Gasteiger partial charge in [0.2, 0.25) is 0 Å². The minimum absolute atomic E-state index is 0.0557. The molecule has 1 fully saturated rings. The molecule has 98 valence electrons. The van der Waals surface area contributed by atoms with E-state index in [0.717, 1.165) is 12.8 Å². The summed E-state index contributed by atoms with van der Waals surface area (Å²) in [6, 6.07) is 4.89. The summed E-state index contributed by atoms with van der Waals surface area (Å²) in [6.45, 7) is 0.617. The summed E-state index contributed by atoms with van der Waals surface area (Å²) in [6.07, 6.45) is 1.27. The van der Waals surface area contributed by atoms with E-state index in [0.29, 0.717) is 18.2 Å². The second kappa shape index (κ2) is 5.19. The van der Waals surface area contributed by atoms with Crippen LogP contribution in [0, 0.1) is 16.0 Å². The number of nitrogen functional groups attached to an aromatic ring is 1. The van der Waals surface area contributed by atoms with Gasteiger partial charge < -0.3 is 15.8 Å². The molecule has 1 aliphatic rings. The van der Waals surface area contributed by atoms with Crippen LogP contribution in [0.1, 0.15) is 12.8 Å². The number of nitro benzene ring substituents is 1. The maximum absolute atomic E-state index is 11.0. The lowest BCUT2D eigenvalue weighted by molar-refractivity contribution is -0.383. The second-order valence-corrected chi connectivity index (χ2v) is 4.48. The molecule has 1 saturated carbocycles. The summed E-state index contributed by atoms with van der Waals surface area (Å²) in [7, 11) is 0. The number of aliphatic hydroxyl groups is 1. The number of aliphatic hydroxyl groups excluding tert-OH is 1. The van der Waals surface area contributed by atoms with Gasteiger partial charge in [0.05, 0.1) is 11.0 Å². The molecular weight excluding hydrogens is 236 g/mol. The molecule has 5 N–H and O–H groups in total. The molecule has 0 unspecified atom stereocenters. The molecule has 1 aromatic carbocycles. The van der Waals surface area contributed by atoms with Crippen LogP contribution in [0.4, 0.5) is 17.1 Å². The zero-order chi connectivity index (χ0) is 13.1. The molecule has 2 rings (SSSR count). The number of anilines is 2. The maximum Gasteiger partial charge on any atom is 0.316 e. The van der Waals surface area contributed by atoms with Crippen LogP contribution in [0.5, 0.6) is 0 Å². The molecule has 0 bridgehead atoms. The highest BCUT2D eigenvalue weighted by molar-refractivity contribution is 5.75. The Labute approximate surface area is 104 Å². The van der Waals surface area contributed by atoms with Crippen molar-refractivity contribution in [2.75, 3.05) is 17.3 Å². The molecule has 0 atom stereocenters. The summed E-state index contributed by atoms with van der Waals surface area (Å²) >= 11 is 0. The molecule has 1 aromatic rings. The number of nitrogens with zero attached hydrogens (tertiary/aromatic N) is 1. The van der Waals surface area contributed by atoms with Gasteiger partial charge in [-0.2, -0.15) is 0 Å². The first kappa shape index (κ1) is 12.6. The highest BCUT2D eigenvalue weighted by atomic mass is 16.6. The highest BCUT2D eigenvalue weighted by Crippen LogP contribution is 2.33. The van der Waals surface area contributed by atoms with Crippen molar-refractivity contribution in [3.63, 3.8) is 0 Å². The van der Waals surface area contributed by atoms with Gasteiger partial charge >= 0.3 is 5.69 Å². The molecule has 0 aromatic heterocycles. The number of para-hydroxylation sites is 1. The van der Waals surface area contributed by atoms with Gasteiger partial charge in [-0.3, -0.25) is 16.0 Å². The zero-order valence-corrected chi connectivity index (χ0v) is 9.80. The Morgan fingerprint density at radius 2 is 2.11 bits per heavy atom.